The van der Waals surface area contributed by atoms with Crippen molar-refractivity contribution >= 4 is 17.9 Å². The molecule has 1 aliphatic heterocycles. The van der Waals surface area contributed by atoms with Crippen molar-refractivity contribution in [2.24, 2.45) is 0 Å². The van der Waals surface area contributed by atoms with Gasteiger partial charge in [0, 0.05) is 38.8 Å². The quantitative estimate of drug-likeness (QED) is 0.535. The molecule has 0 spiro atoms. The third-order valence-electron chi connectivity index (χ3n) is 5.77. The van der Waals surface area contributed by atoms with Gasteiger partial charge in [0.05, 0.1) is 19.6 Å². The van der Waals surface area contributed by atoms with Crippen molar-refractivity contribution in [1.82, 2.24) is 14.7 Å². The summed E-state index contributed by atoms with van der Waals surface area (Å²) in [6.45, 7) is 7.89. The molecule has 1 fully saturated rings. The highest BCUT2D eigenvalue weighted by Crippen LogP contribution is 2.23. The molecule has 0 saturated carbocycles. The van der Waals surface area contributed by atoms with E-state index in [1.807, 2.05) is 17.0 Å². The number of benzene rings is 1. The van der Waals surface area contributed by atoms with Gasteiger partial charge in [0.25, 0.3) is 0 Å². The molecular formula is C23H35N3O6. The van der Waals surface area contributed by atoms with Gasteiger partial charge in [-0.1, -0.05) is 45.0 Å². The van der Waals surface area contributed by atoms with Crippen molar-refractivity contribution < 1.29 is 29.7 Å². The summed E-state index contributed by atoms with van der Waals surface area (Å²) in [6.07, 6.45) is 0.576. The number of carboxylic acids is 3. The molecule has 2 rings (SSSR count). The van der Waals surface area contributed by atoms with Crippen molar-refractivity contribution in [2.75, 3.05) is 52.4 Å². The first-order valence-corrected chi connectivity index (χ1v) is 10.9. The van der Waals surface area contributed by atoms with Gasteiger partial charge < -0.3 is 15.3 Å². The summed E-state index contributed by atoms with van der Waals surface area (Å²) in [5, 5.41) is 28.0. The molecule has 1 unspecified atom stereocenters. The molecule has 3 N–H and O–H groups in total. The first-order chi connectivity index (χ1) is 14.9. The van der Waals surface area contributed by atoms with Crippen molar-refractivity contribution in [1.29, 1.82) is 0 Å². The summed E-state index contributed by atoms with van der Waals surface area (Å²) in [5.74, 6) is -2.90. The summed E-state index contributed by atoms with van der Waals surface area (Å²) in [6, 6.07) is 8.04. The highest BCUT2D eigenvalue weighted by Gasteiger charge is 2.28. The van der Waals surface area contributed by atoms with E-state index in [0.717, 1.165) is 5.56 Å². The Bertz CT molecular complexity index is 790. The second kappa shape index (κ2) is 11.4. The molecule has 9 nitrogen and oxygen atoms in total. The molecular weight excluding hydrogens is 414 g/mol. The van der Waals surface area contributed by atoms with Crippen LogP contribution in [-0.2, 0) is 26.2 Å². The van der Waals surface area contributed by atoms with Gasteiger partial charge in [0.15, 0.2) is 0 Å². The standard InChI is InChI=1S/C23H35N3O6/c1-23(2,3)18-6-4-17(5-7-18)12-19-13-25(15-21(29)30)9-8-24(14-20(27)28)10-11-26(19)16-22(31)32/h4-7,19H,8-16H2,1-3H3,(H,27,28)(H,29,30)(H,31,32). The van der Waals surface area contributed by atoms with Crippen molar-refractivity contribution in [3.8, 4) is 0 Å². The molecule has 0 aromatic heterocycles. The minimum absolute atomic E-state index is 0.0257. The lowest BCUT2D eigenvalue weighted by atomic mass is 9.86. The second-order valence-electron chi connectivity index (χ2n) is 9.47. The Hall–Kier alpha value is -2.49. The SMILES string of the molecule is CC(C)(C)c1ccc(CC2CN(CC(=O)O)CCN(CC(=O)O)CCN2CC(=O)O)cc1. The van der Waals surface area contributed by atoms with Crippen LogP contribution in [0.3, 0.4) is 0 Å². The molecule has 1 aliphatic rings. The Morgan fingerprint density at radius 1 is 0.812 bits per heavy atom. The highest BCUT2D eigenvalue weighted by molar-refractivity contribution is 5.70. The molecule has 9 heteroatoms. The normalized spacial score (nSPS) is 19.7. The fourth-order valence-corrected chi connectivity index (χ4v) is 4.02. The number of nitrogens with zero attached hydrogens (tertiary/aromatic N) is 3. The molecule has 32 heavy (non-hydrogen) atoms. The molecule has 0 bridgehead atoms. The van der Waals surface area contributed by atoms with Gasteiger partial charge in [-0.3, -0.25) is 29.1 Å². The van der Waals surface area contributed by atoms with Gasteiger partial charge in [0.1, 0.15) is 0 Å². The summed E-state index contributed by atoms with van der Waals surface area (Å²) in [4.78, 5) is 39.5. The molecule has 1 atom stereocenters. The zero-order chi connectivity index (χ0) is 23.9. The largest absolute Gasteiger partial charge is 0.480 e. The lowest BCUT2D eigenvalue weighted by molar-refractivity contribution is -0.140. The predicted octanol–water partition coefficient (Wildman–Crippen LogP) is 1.07. The zero-order valence-electron chi connectivity index (χ0n) is 19.2. The molecule has 0 amide bonds. The van der Waals surface area contributed by atoms with E-state index in [-0.39, 0.29) is 31.1 Å². The first-order valence-electron chi connectivity index (χ1n) is 10.9. The van der Waals surface area contributed by atoms with Gasteiger partial charge in [0.2, 0.25) is 0 Å². The Balaban J connectivity index is 2.29. The topological polar surface area (TPSA) is 122 Å². The van der Waals surface area contributed by atoms with Gasteiger partial charge in [-0.15, -0.1) is 0 Å². The molecule has 0 aliphatic carbocycles. The second-order valence-corrected chi connectivity index (χ2v) is 9.47. The van der Waals surface area contributed by atoms with Crippen LogP contribution in [0.2, 0.25) is 0 Å². The molecule has 1 heterocycles. The number of carboxylic acid groups (broad SMARTS) is 3. The molecule has 1 saturated heterocycles. The van der Waals surface area contributed by atoms with Crippen molar-refractivity contribution in [2.45, 2.75) is 38.6 Å². The minimum atomic E-state index is -0.966. The zero-order valence-corrected chi connectivity index (χ0v) is 19.2. The average molecular weight is 450 g/mol. The molecule has 1 aromatic rings. The first kappa shape index (κ1) is 25.8. The highest BCUT2D eigenvalue weighted by atomic mass is 16.4. The van der Waals surface area contributed by atoms with Crippen LogP contribution < -0.4 is 0 Å². The Morgan fingerprint density at radius 3 is 1.84 bits per heavy atom. The number of aliphatic carboxylic acids is 3. The lowest BCUT2D eigenvalue weighted by Gasteiger charge is -2.33. The summed E-state index contributed by atoms with van der Waals surface area (Å²) < 4.78 is 0. The van der Waals surface area contributed by atoms with Crippen LogP contribution in [0.4, 0.5) is 0 Å². The van der Waals surface area contributed by atoms with Crippen LogP contribution >= 0.6 is 0 Å². The minimum Gasteiger partial charge on any atom is -0.480 e. The third-order valence-corrected chi connectivity index (χ3v) is 5.77. The Morgan fingerprint density at radius 2 is 1.31 bits per heavy atom. The summed E-state index contributed by atoms with van der Waals surface area (Å²) in [7, 11) is 0. The Labute approximate surface area is 189 Å². The fraction of sp³-hybridized carbons (Fsp3) is 0.609. The number of hydrogen-bond acceptors (Lipinski definition) is 6. The number of hydrogen-bond donors (Lipinski definition) is 3. The number of rotatable bonds is 8. The lowest BCUT2D eigenvalue weighted by Crippen LogP contribution is -2.49. The van der Waals surface area contributed by atoms with Gasteiger partial charge >= 0.3 is 17.9 Å². The summed E-state index contributed by atoms with van der Waals surface area (Å²) in [5.41, 5.74) is 2.28. The van der Waals surface area contributed by atoms with Crippen molar-refractivity contribution in [3.63, 3.8) is 0 Å². The van der Waals surface area contributed by atoms with Gasteiger partial charge in [-0.25, -0.2) is 0 Å². The fourth-order valence-electron chi connectivity index (χ4n) is 4.02. The van der Waals surface area contributed by atoms with E-state index in [1.54, 1.807) is 9.80 Å². The van der Waals surface area contributed by atoms with E-state index in [4.69, 9.17) is 0 Å². The van der Waals surface area contributed by atoms with Crippen LogP contribution in [0.1, 0.15) is 31.9 Å². The van der Waals surface area contributed by atoms with Crippen LogP contribution in [0.25, 0.3) is 0 Å². The van der Waals surface area contributed by atoms with Crippen molar-refractivity contribution in [3.05, 3.63) is 35.4 Å². The monoisotopic (exact) mass is 449 g/mol. The maximum atomic E-state index is 11.6. The Kier molecular flexibility index (Phi) is 9.18. The van der Waals surface area contributed by atoms with Crippen LogP contribution in [0.5, 0.6) is 0 Å². The third kappa shape index (κ3) is 8.57. The molecule has 1 aromatic carbocycles. The van der Waals surface area contributed by atoms with E-state index in [1.165, 1.54) is 5.56 Å². The van der Waals surface area contributed by atoms with Crippen LogP contribution in [0.15, 0.2) is 24.3 Å². The maximum Gasteiger partial charge on any atom is 0.317 e. The smallest absolute Gasteiger partial charge is 0.317 e. The summed E-state index contributed by atoms with van der Waals surface area (Å²) >= 11 is 0. The number of carbonyl (C=O) groups is 3. The predicted molar refractivity (Wildman–Crippen MR) is 120 cm³/mol. The van der Waals surface area contributed by atoms with Gasteiger partial charge in [-0.2, -0.15) is 0 Å². The van der Waals surface area contributed by atoms with Crippen LogP contribution in [-0.4, -0.2) is 106 Å². The average Bonchev–Trinajstić information content (AvgIpc) is 2.72. The van der Waals surface area contributed by atoms with E-state index in [9.17, 15) is 29.7 Å². The van der Waals surface area contributed by atoms with Crippen LogP contribution in [0, 0.1) is 0 Å². The van der Waals surface area contributed by atoms with E-state index in [0.29, 0.717) is 39.1 Å². The molecule has 0 radical (unpaired) electrons. The maximum absolute atomic E-state index is 11.6. The molecule has 178 valence electrons. The van der Waals surface area contributed by atoms with Gasteiger partial charge in [-0.05, 0) is 23.0 Å². The van der Waals surface area contributed by atoms with E-state index >= 15 is 0 Å². The van der Waals surface area contributed by atoms with E-state index in [2.05, 4.69) is 32.9 Å². The van der Waals surface area contributed by atoms with E-state index < -0.39 is 17.9 Å².